The Morgan fingerprint density at radius 2 is 2.25 bits per heavy atom. The van der Waals surface area contributed by atoms with Gasteiger partial charge < -0.3 is 19.4 Å². The summed E-state index contributed by atoms with van der Waals surface area (Å²) in [6.45, 7) is 0.955. The number of hydrogen-bond acceptors (Lipinski definition) is 5. The Labute approximate surface area is 90.8 Å². The molecule has 6 nitrogen and oxygen atoms in total. The molecule has 0 aliphatic heterocycles. The van der Waals surface area contributed by atoms with Crippen LogP contribution < -0.4 is 5.32 Å². The lowest BCUT2D eigenvalue weighted by Gasteiger charge is -1.97. The average molecular weight is 222 g/mol. The molecule has 2 N–H and O–H groups in total. The fourth-order valence-electron chi connectivity index (χ4n) is 1.22. The number of rotatable bonds is 5. The highest BCUT2D eigenvalue weighted by Gasteiger charge is 2.10. The number of carbonyl (C=O) groups is 1. The molecule has 0 atom stereocenters. The molecular formula is C10H10N2O4. The second kappa shape index (κ2) is 4.63. The third-order valence-electron chi connectivity index (χ3n) is 1.96. The largest absolute Gasteiger partial charge is 0.476 e. The van der Waals surface area contributed by atoms with Crippen LogP contribution in [0.25, 0.3) is 0 Å². The van der Waals surface area contributed by atoms with Gasteiger partial charge in [-0.2, -0.15) is 0 Å². The molecule has 16 heavy (non-hydrogen) atoms. The molecule has 0 saturated carbocycles. The minimum atomic E-state index is -1.10. The Kier molecular flexibility index (Phi) is 3.02. The van der Waals surface area contributed by atoms with Crippen molar-refractivity contribution < 1.29 is 18.8 Å². The van der Waals surface area contributed by atoms with Crippen molar-refractivity contribution >= 4 is 5.97 Å². The molecule has 0 aliphatic carbocycles. The van der Waals surface area contributed by atoms with E-state index in [0.29, 0.717) is 18.8 Å². The summed E-state index contributed by atoms with van der Waals surface area (Å²) < 4.78 is 9.93. The molecule has 0 spiro atoms. The zero-order valence-corrected chi connectivity index (χ0v) is 8.34. The maximum Gasteiger partial charge on any atom is 0.358 e. The Morgan fingerprint density at radius 3 is 2.88 bits per heavy atom. The number of aromatic nitrogens is 1. The van der Waals surface area contributed by atoms with E-state index < -0.39 is 5.97 Å². The molecule has 0 aliphatic rings. The number of carboxylic acid groups (broad SMARTS) is 1. The number of nitrogens with zero attached hydrogens (tertiary/aromatic N) is 1. The van der Waals surface area contributed by atoms with E-state index in [4.69, 9.17) is 14.0 Å². The van der Waals surface area contributed by atoms with Crippen LogP contribution in [0.3, 0.4) is 0 Å². The lowest BCUT2D eigenvalue weighted by atomic mass is 10.3. The summed E-state index contributed by atoms with van der Waals surface area (Å²) in [5.74, 6) is 0.183. The molecule has 0 fully saturated rings. The van der Waals surface area contributed by atoms with Gasteiger partial charge in [-0.25, -0.2) is 4.79 Å². The van der Waals surface area contributed by atoms with Gasteiger partial charge in [-0.1, -0.05) is 5.16 Å². The Hall–Kier alpha value is -2.08. The van der Waals surface area contributed by atoms with Gasteiger partial charge in [-0.05, 0) is 12.1 Å². The van der Waals surface area contributed by atoms with Gasteiger partial charge in [0.2, 0.25) is 0 Å². The number of furan rings is 1. The van der Waals surface area contributed by atoms with Crippen molar-refractivity contribution in [2.75, 3.05) is 0 Å². The molecule has 2 aromatic rings. The van der Waals surface area contributed by atoms with Gasteiger partial charge >= 0.3 is 5.97 Å². The maximum absolute atomic E-state index is 10.5. The predicted molar refractivity (Wildman–Crippen MR) is 52.7 cm³/mol. The lowest BCUT2D eigenvalue weighted by molar-refractivity contribution is 0.0685. The summed E-state index contributed by atoms with van der Waals surface area (Å²) in [4.78, 5) is 10.5. The molecule has 0 amide bonds. The van der Waals surface area contributed by atoms with Crippen molar-refractivity contribution in [1.82, 2.24) is 10.5 Å². The zero-order valence-electron chi connectivity index (χ0n) is 8.34. The standard InChI is InChI=1S/C10H10N2O4/c13-10(14)9-4-8(16-12-9)6-11-5-7-2-1-3-15-7/h1-4,11H,5-6H2,(H,13,14). The fraction of sp³-hybridized carbons (Fsp3) is 0.200. The number of nitrogens with one attached hydrogen (secondary N) is 1. The summed E-state index contributed by atoms with van der Waals surface area (Å²) in [5, 5.41) is 15.0. The van der Waals surface area contributed by atoms with Crippen LogP contribution in [0.1, 0.15) is 22.0 Å². The first kappa shape index (κ1) is 10.4. The van der Waals surface area contributed by atoms with Crippen LogP contribution in [0.15, 0.2) is 33.4 Å². The summed E-state index contributed by atoms with van der Waals surface area (Å²) in [6.07, 6.45) is 1.59. The van der Waals surface area contributed by atoms with Crippen LogP contribution in [-0.4, -0.2) is 16.2 Å². The highest BCUT2D eigenvalue weighted by Crippen LogP contribution is 2.04. The summed E-state index contributed by atoms with van der Waals surface area (Å²) in [5.41, 5.74) is -0.0881. The van der Waals surface area contributed by atoms with E-state index in [9.17, 15) is 4.79 Å². The Balaban J connectivity index is 1.83. The van der Waals surface area contributed by atoms with Gasteiger partial charge in [0.25, 0.3) is 0 Å². The van der Waals surface area contributed by atoms with E-state index in [1.807, 2.05) is 6.07 Å². The molecule has 0 saturated heterocycles. The van der Waals surface area contributed by atoms with Crippen molar-refractivity contribution in [3.63, 3.8) is 0 Å². The summed E-state index contributed by atoms with van der Waals surface area (Å²) >= 11 is 0. The Morgan fingerprint density at radius 1 is 1.44 bits per heavy atom. The van der Waals surface area contributed by atoms with Gasteiger partial charge in [0.05, 0.1) is 19.4 Å². The first-order valence-corrected chi connectivity index (χ1v) is 4.67. The lowest BCUT2D eigenvalue weighted by Crippen LogP contribution is -2.11. The van der Waals surface area contributed by atoms with Crippen molar-refractivity contribution in [2.45, 2.75) is 13.1 Å². The van der Waals surface area contributed by atoms with Gasteiger partial charge in [0.1, 0.15) is 5.76 Å². The van der Waals surface area contributed by atoms with Crippen LogP contribution in [-0.2, 0) is 13.1 Å². The van der Waals surface area contributed by atoms with Crippen molar-refractivity contribution in [1.29, 1.82) is 0 Å². The molecule has 2 aromatic heterocycles. The van der Waals surface area contributed by atoms with E-state index in [0.717, 1.165) is 5.76 Å². The molecule has 84 valence electrons. The molecule has 0 aromatic carbocycles. The number of carboxylic acids is 1. The van der Waals surface area contributed by atoms with Crippen molar-refractivity contribution in [3.05, 3.63) is 41.7 Å². The van der Waals surface area contributed by atoms with Crippen LogP contribution in [0, 0.1) is 0 Å². The number of hydrogen-bond donors (Lipinski definition) is 2. The zero-order chi connectivity index (χ0) is 11.4. The van der Waals surface area contributed by atoms with E-state index >= 15 is 0 Å². The normalized spacial score (nSPS) is 10.5. The molecule has 0 radical (unpaired) electrons. The second-order valence-corrected chi connectivity index (χ2v) is 3.17. The third kappa shape index (κ3) is 2.48. The van der Waals surface area contributed by atoms with Gasteiger partial charge in [0.15, 0.2) is 11.5 Å². The SMILES string of the molecule is O=C(O)c1cc(CNCc2ccco2)on1. The Bertz CT molecular complexity index is 461. The summed E-state index contributed by atoms with van der Waals surface area (Å²) in [7, 11) is 0. The fourth-order valence-corrected chi connectivity index (χ4v) is 1.22. The van der Waals surface area contributed by atoms with E-state index in [1.54, 1.807) is 12.3 Å². The minimum Gasteiger partial charge on any atom is -0.476 e. The first-order chi connectivity index (χ1) is 7.75. The summed E-state index contributed by atoms with van der Waals surface area (Å²) in [6, 6.07) is 5.03. The molecular weight excluding hydrogens is 212 g/mol. The predicted octanol–water partition coefficient (Wildman–Crippen LogP) is 1.26. The maximum atomic E-state index is 10.5. The third-order valence-corrected chi connectivity index (χ3v) is 1.96. The van der Waals surface area contributed by atoms with Crippen LogP contribution in [0.2, 0.25) is 0 Å². The van der Waals surface area contributed by atoms with Crippen molar-refractivity contribution in [2.24, 2.45) is 0 Å². The highest BCUT2D eigenvalue weighted by molar-refractivity contribution is 5.85. The quantitative estimate of drug-likeness (QED) is 0.791. The van der Waals surface area contributed by atoms with Gasteiger partial charge in [-0.15, -0.1) is 0 Å². The topological polar surface area (TPSA) is 88.5 Å². The molecule has 2 rings (SSSR count). The van der Waals surface area contributed by atoms with Gasteiger partial charge in [-0.3, -0.25) is 0 Å². The van der Waals surface area contributed by atoms with E-state index in [2.05, 4.69) is 10.5 Å². The van der Waals surface area contributed by atoms with Crippen LogP contribution in [0.5, 0.6) is 0 Å². The average Bonchev–Trinajstić information content (AvgIpc) is 2.87. The number of aromatic carboxylic acids is 1. The van der Waals surface area contributed by atoms with Crippen LogP contribution >= 0.6 is 0 Å². The van der Waals surface area contributed by atoms with E-state index in [-0.39, 0.29) is 5.69 Å². The molecule has 2 heterocycles. The second-order valence-electron chi connectivity index (χ2n) is 3.17. The molecule has 0 bridgehead atoms. The minimum absolute atomic E-state index is 0.0881. The first-order valence-electron chi connectivity index (χ1n) is 4.67. The monoisotopic (exact) mass is 222 g/mol. The molecule has 6 heteroatoms. The van der Waals surface area contributed by atoms with Gasteiger partial charge in [0, 0.05) is 6.07 Å². The highest BCUT2D eigenvalue weighted by atomic mass is 16.5. The smallest absolute Gasteiger partial charge is 0.358 e. The van der Waals surface area contributed by atoms with E-state index in [1.165, 1.54) is 6.07 Å². The van der Waals surface area contributed by atoms with Crippen LogP contribution in [0.4, 0.5) is 0 Å². The van der Waals surface area contributed by atoms with Crippen molar-refractivity contribution in [3.8, 4) is 0 Å². The molecule has 0 unspecified atom stereocenters.